The summed E-state index contributed by atoms with van der Waals surface area (Å²) in [6, 6.07) is 16.4. The summed E-state index contributed by atoms with van der Waals surface area (Å²) in [5, 5.41) is 2.76. The molecule has 0 radical (unpaired) electrons. The van der Waals surface area contributed by atoms with Crippen molar-refractivity contribution in [3.05, 3.63) is 71.5 Å². The van der Waals surface area contributed by atoms with Gasteiger partial charge in [-0.3, -0.25) is 4.79 Å². The Labute approximate surface area is 118 Å². The van der Waals surface area contributed by atoms with Crippen molar-refractivity contribution in [2.24, 2.45) is 0 Å². The first-order valence-electron chi connectivity index (χ1n) is 6.72. The zero-order valence-corrected chi connectivity index (χ0v) is 11.5. The van der Waals surface area contributed by atoms with Gasteiger partial charge in [0.15, 0.2) is 0 Å². The van der Waals surface area contributed by atoms with Gasteiger partial charge in [-0.2, -0.15) is 0 Å². The summed E-state index contributed by atoms with van der Waals surface area (Å²) in [6.45, 7) is 2.24. The number of benzene rings is 2. The lowest BCUT2D eigenvalue weighted by Gasteiger charge is -2.12. The van der Waals surface area contributed by atoms with Crippen LogP contribution in [0, 0.1) is 5.82 Å². The van der Waals surface area contributed by atoms with Gasteiger partial charge < -0.3 is 5.32 Å². The summed E-state index contributed by atoms with van der Waals surface area (Å²) in [4.78, 5) is 11.9. The van der Waals surface area contributed by atoms with Crippen LogP contribution in [0.5, 0.6) is 0 Å². The summed E-state index contributed by atoms with van der Waals surface area (Å²) in [6.07, 6.45) is 0.401. The Bertz CT molecular complexity index is 568. The third kappa shape index (κ3) is 3.92. The van der Waals surface area contributed by atoms with Gasteiger partial charge in [0.2, 0.25) is 5.91 Å². The lowest BCUT2D eigenvalue weighted by Crippen LogP contribution is -2.24. The van der Waals surface area contributed by atoms with Gasteiger partial charge in [-0.15, -0.1) is 0 Å². The van der Waals surface area contributed by atoms with E-state index in [2.05, 4.69) is 5.32 Å². The van der Waals surface area contributed by atoms with Crippen LogP contribution in [0.25, 0.3) is 0 Å². The highest BCUT2D eigenvalue weighted by molar-refractivity contribution is 5.76. The molecular formula is C17H18FNO. The quantitative estimate of drug-likeness (QED) is 0.884. The first-order chi connectivity index (χ1) is 9.66. The zero-order valence-electron chi connectivity index (χ0n) is 11.5. The second-order valence-corrected chi connectivity index (χ2v) is 4.88. The first kappa shape index (κ1) is 14.3. The average molecular weight is 271 g/mol. The minimum absolute atomic E-state index is 0.0652. The van der Waals surface area contributed by atoms with Gasteiger partial charge in [0.1, 0.15) is 5.82 Å². The van der Waals surface area contributed by atoms with E-state index in [9.17, 15) is 9.18 Å². The predicted molar refractivity (Wildman–Crippen MR) is 77.7 cm³/mol. The molecule has 0 aliphatic heterocycles. The SMILES string of the molecule is C[C@@H](CC(=O)NCc1ccccc1F)c1ccccc1. The molecule has 0 saturated heterocycles. The number of hydrogen-bond acceptors (Lipinski definition) is 1. The van der Waals surface area contributed by atoms with Crippen LogP contribution in [0.4, 0.5) is 4.39 Å². The number of halogens is 1. The Kier molecular flexibility index (Phi) is 4.88. The zero-order chi connectivity index (χ0) is 14.4. The van der Waals surface area contributed by atoms with E-state index in [-0.39, 0.29) is 24.2 Å². The van der Waals surface area contributed by atoms with E-state index in [1.807, 2.05) is 37.3 Å². The van der Waals surface area contributed by atoms with Gasteiger partial charge in [0.05, 0.1) is 0 Å². The van der Waals surface area contributed by atoms with Crippen molar-refractivity contribution >= 4 is 5.91 Å². The molecule has 1 N–H and O–H groups in total. The topological polar surface area (TPSA) is 29.1 Å². The molecule has 0 heterocycles. The van der Waals surface area contributed by atoms with E-state index < -0.39 is 0 Å². The fourth-order valence-electron chi connectivity index (χ4n) is 2.09. The van der Waals surface area contributed by atoms with E-state index in [0.717, 1.165) is 5.56 Å². The Balaban J connectivity index is 1.86. The molecule has 0 saturated carbocycles. The van der Waals surface area contributed by atoms with Gasteiger partial charge in [0.25, 0.3) is 0 Å². The molecule has 1 atom stereocenters. The molecule has 2 aromatic carbocycles. The number of carbonyl (C=O) groups is 1. The second kappa shape index (κ2) is 6.85. The summed E-state index contributed by atoms with van der Waals surface area (Å²) in [5.41, 5.74) is 1.64. The number of nitrogens with one attached hydrogen (secondary N) is 1. The van der Waals surface area contributed by atoms with Crippen molar-refractivity contribution in [2.45, 2.75) is 25.8 Å². The van der Waals surface area contributed by atoms with E-state index in [1.54, 1.807) is 18.2 Å². The highest BCUT2D eigenvalue weighted by Gasteiger charge is 2.11. The van der Waals surface area contributed by atoms with E-state index in [4.69, 9.17) is 0 Å². The fraction of sp³-hybridized carbons (Fsp3) is 0.235. The van der Waals surface area contributed by atoms with Crippen LogP contribution in [-0.2, 0) is 11.3 Å². The standard InChI is InChI=1S/C17H18FNO/c1-13(14-7-3-2-4-8-14)11-17(20)19-12-15-9-5-6-10-16(15)18/h2-10,13H,11-12H2,1H3,(H,19,20)/t13-/m0/s1. The minimum Gasteiger partial charge on any atom is -0.352 e. The second-order valence-electron chi connectivity index (χ2n) is 4.88. The van der Waals surface area contributed by atoms with Crippen LogP contribution in [0.15, 0.2) is 54.6 Å². The molecule has 0 fully saturated rings. The molecule has 0 spiro atoms. The molecule has 2 aromatic rings. The monoisotopic (exact) mass is 271 g/mol. The van der Waals surface area contributed by atoms with Crippen LogP contribution in [0.3, 0.4) is 0 Å². The van der Waals surface area contributed by atoms with Gasteiger partial charge in [-0.1, -0.05) is 55.5 Å². The Morgan fingerprint density at radius 3 is 2.45 bits per heavy atom. The molecular weight excluding hydrogens is 253 g/mol. The molecule has 2 rings (SSSR count). The maximum atomic E-state index is 13.4. The van der Waals surface area contributed by atoms with Gasteiger partial charge in [0, 0.05) is 18.5 Å². The molecule has 104 valence electrons. The minimum atomic E-state index is -0.288. The molecule has 0 aliphatic rings. The van der Waals surface area contributed by atoms with Gasteiger partial charge >= 0.3 is 0 Å². The van der Waals surface area contributed by atoms with E-state index >= 15 is 0 Å². The van der Waals surface area contributed by atoms with Crippen molar-refractivity contribution in [1.82, 2.24) is 5.32 Å². The van der Waals surface area contributed by atoms with Crippen molar-refractivity contribution in [3.8, 4) is 0 Å². The maximum Gasteiger partial charge on any atom is 0.220 e. The Morgan fingerprint density at radius 2 is 1.75 bits per heavy atom. The van der Waals surface area contributed by atoms with Crippen LogP contribution in [0.1, 0.15) is 30.4 Å². The highest BCUT2D eigenvalue weighted by atomic mass is 19.1. The van der Waals surface area contributed by atoms with E-state index in [0.29, 0.717) is 12.0 Å². The summed E-state index contributed by atoms with van der Waals surface area (Å²) >= 11 is 0. The number of amides is 1. The third-order valence-corrected chi connectivity index (χ3v) is 3.29. The van der Waals surface area contributed by atoms with Crippen molar-refractivity contribution in [2.75, 3.05) is 0 Å². The lowest BCUT2D eigenvalue weighted by atomic mass is 9.97. The largest absolute Gasteiger partial charge is 0.352 e. The third-order valence-electron chi connectivity index (χ3n) is 3.29. The predicted octanol–water partition coefficient (Wildman–Crippen LogP) is 3.64. The van der Waals surface area contributed by atoms with E-state index in [1.165, 1.54) is 6.07 Å². The van der Waals surface area contributed by atoms with Gasteiger partial charge in [-0.25, -0.2) is 4.39 Å². The fourth-order valence-corrected chi connectivity index (χ4v) is 2.09. The molecule has 2 nitrogen and oxygen atoms in total. The van der Waals surface area contributed by atoms with Crippen molar-refractivity contribution in [1.29, 1.82) is 0 Å². The summed E-state index contributed by atoms with van der Waals surface area (Å²) in [7, 11) is 0. The number of carbonyl (C=O) groups excluding carboxylic acids is 1. The van der Waals surface area contributed by atoms with Crippen molar-refractivity contribution in [3.63, 3.8) is 0 Å². The Hall–Kier alpha value is -2.16. The Morgan fingerprint density at radius 1 is 1.10 bits per heavy atom. The molecule has 0 unspecified atom stereocenters. The summed E-state index contributed by atoms with van der Waals surface area (Å²) in [5.74, 6) is -0.203. The maximum absolute atomic E-state index is 13.4. The normalized spacial score (nSPS) is 11.9. The summed E-state index contributed by atoms with van der Waals surface area (Å²) < 4.78 is 13.4. The molecule has 20 heavy (non-hydrogen) atoms. The smallest absolute Gasteiger partial charge is 0.220 e. The molecule has 0 aliphatic carbocycles. The van der Waals surface area contributed by atoms with Crippen LogP contribution >= 0.6 is 0 Å². The van der Waals surface area contributed by atoms with Crippen LogP contribution in [-0.4, -0.2) is 5.91 Å². The lowest BCUT2D eigenvalue weighted by molar-refractivity contribution is -0.121. The molecule has 0 aromatic heterocycles. The molecule has 1 amide bonds. The van der Waals surface area contributed by atoms with Crippen LogP contribution < -0.4 is 5.32 Å². The molecule has 3 heteroatoms. The number of hydrogen-bond donors (Lipinski definition) is 1. The molecule has 0 bridgehead atoms. The average Bonchev–Trinajstić information content (AvgIpc) is 2.47. The highest BCUT2D eigenvalue weighted by Crippen LogP contribution is 2.18. The van der Waals surface area contributed by atoms with Crippen molar-refractivity contribution < 1.29 is 9.18 Å². The number of rotatable bonds is 5. The first-order valence-corrected chi connectivity index (χ1v) is 6.72. The van der Waals surface area contributed by atoms with Gasteiger partial charge in [-0.05, 0) is 17.5 Å². The van der Waals surface area contributed by atoms with Crippen LogP contribution in [0.2, 0.25) is 0 Å².